The highest BCUT2D eigenvalue weighted by Gasteiger charge is 2.17. The van der Waals surface area contributed by atoms with Crippen molar-refractivity contribution in [1.29, 1.82) is 0 Å². The Morgan fingerprint density at radius 3 is 2.76 bits per heavy atom. The lowest BCUT2D eigenvalue weighted by molar-refractivity contribution is 0.140. The fraction of sp³-hybridized carbons (Fsp3) is 0.500. The number of halogens is 2. The SMILES string of the molecule is COCCN(C)C(CN)c1ccc(Br)cc1Cl. The number of nitrogens with two attached hydrogens (primary N) is 1. The lowest BCUT2D eigenvalue weighted by Gasteiger charge is -2.27. The number of hydrogen-bond acceptors (Lipinski definition) is 3. The first-order valence-corrected chi connectivity index (χ1v) is 6.61. The lowest BCUT2D eigenvalue weighted by atomic mass is 10.1. The van der Waals surface area contributed by atoms with Crippen LogP contribution >= 0.6 is 27.5 Å². The number of hydrogen-bond donors (Lipinski definition) is 1. The van der Waals surface area contributed by atoms with Crippen LogP contribution in [0.3, 0.4) is 0 Å². The van der Waals surface area contributed by atoms with Crippen molar-refractivity contribution in [2.75, 3.05) is 33.9 Å². The van der Waals surface area contributed by atoms with Gasteiger partial charge in [0.05, 0.1) is 6.61 Å². The van der Waals surface area contributed by atoms with Crippen LogP contribution in [0.5, 0.6) is 0 Å². The van der Waals surface area contributed by atoms with Crippen LogP contribution in [0.25, 0.3) is 0 Å². The number of methoxy groups -OCH3 is 1. The minimum absolute atomic E-state index is 0.116. The summed E-state index contributed by atoms with van der Waals surface area (Å²) in [6, 6.07) is 6.00. The molecule has 0 bridgehead atoms. The summed E-state index contributed by atoms with van der Waals surface area (Å²) in [6.45, 7) is 2.04. The highest BCUT2D eigenvalue weighted by molar-refractivity contribution is 9.10. The second kappa shape index (κ2) is 7.34. The summed E-state index contributed by atoms with van der Waals surface area (Å²) in [4.78, 5) is 2.15. The highest BCUT2D eigenvalue weighted by atomic mass is 79.9. The molecule has 0 saturated carbocycles. The van der Waals surface area contributed by atoms with E-state index in [2.05, 4.69) is 20.8 Å². The van der Waals surface area contributed by atoms with Gasteiger partial charge in [0, 0.05) is 35.7 Å². The normalized spacial score (nSPS) is 13.1. The van der Waals surface area contributed by atoms with E-state index < -0.39 is 0 Å². The van der Waals surface area contributed by atoms with Crippen molar-refractivity contribution in [2.45, 2.75) is 6.04 Å². The fourth-order valence-electron chi connectivity index (χ4n) is 1.71. The predicted octanol–water partition coefficient (Wildman–Crippen LogP) is 2.68. The second-order valence-corrected chi connectivity index (χ2v) is 5.21. The van der Waals surface area contributed by atoms with Crippen molar-refractivity contribution in [1.82, 2.24) is 4.90 Å². The van der Waals surface area contributed by atoms with Gasteiger partial charge in [-0.2, -0.15) is 0 Å². The van der Waals surface area contributed by atoms with E-state index in [0.29, 0.717) is 13.2 Å². The Balaban J connectivity index is 2.85. The third-order valence-corrected chi connectivity index (χ3v) is 3.55. The number of nitrogens with zero attached hydrogens (tertiary/aromatic N) is 1. The molecule has 1 aromatic carbocycles. The van der Waals surface area contributed by atoms with Gasteiger partial charge in [-0.1, -0.05) is 33.6 Å². The molecule has 0 radical (unpaired) electrons. The molecule has 17 heavy (non-hydrogen) atoms. The lowest BCUT2D eigenvalue weighted by Crippen LogP contribution is -2.33. The number of ether oxygens (including phenoxy) is 1. The summed E-state index contributed by atoms with van der Waals surface area (Å²) < 4.78 is 6.04. The van der Waals surface area contributed by atoms with Crippen molar-refractivity contribution in [2.24, 2.45) is 5.73 Å². The quantitative estimate of drug-likeness (QED) is 0.875. The molecule has 0 heterocycles. The Bertz CT molecular complexity index is 362. The van der Waals surface area contributed by atoms with Crippen LogP contribution in [0.4, 0.5) is 0 Å². The van der Waals surface area contributed by atoms with E-state index in [-0.39, 0.29) is 6.04 Å². The van der Waals surface area contributed by atoms with Gasteiger partial charge in [0.15, 0.2) is 0 Å². The molecule has 0 amide bonds. The Kier molecular flexibility index (Phi) is 6.44. The van der Waals surface area contributed by atoms with Gasteiger partial charge in [0.1, 0.15) is 0 Å². The average Bonchev–Trinajstić information content (AvgIpc) is 2.30. The molecule has 1 unspecified atom stereocenters. The van der Waals surface area contributed by atoms with Crippen LogP contribution in [0, 0.1) is 0 Å². The van der Waals surface area contributed by atoms with E-state index in [1.54, 1.807) is 7.11 Å². The Labute approximate surface area is 116 Å². The molecule has 0 aliphatic rings. The fourth-order valence-corrected chi connectivity index (χ4v) is 2.51. The molecule has 2 N–H and O–H groups in total. The molecule has 0 aliphatic carbocycles. The molecular formula is C12H18BrClN2O. The maximum Gasteiger partial charge on any atom is 0.0589 e. The summed E-state index contributed by atoms with van der Waals surface area (Å²) in [5, 5.41) is 0.735. The van der Waals surface area contributed by atoms with Crippen molar-refractivity contribution in [3.63, 3.8) is 0 Å². The molecule has 0 fully saturated rings. The number of likely N-dealkylation sites (N-methyl/N-ethyl adjacent to an activating group) is 1. The first-order chi connectivity index (χ1) is 8.10. The van der Waals surface area contributed by atoms with Gasteiger partial charge in [-0.25, -0.2) is 0 Å². The van der Waals surface area contributed by atoms with Crippen LogP contribution in [0.1, 0.15) is 11.6 Å². The summed E-state index contributed by atoms with van der Waals surface area (Å²) in [5.74, 6) is 0. The number of rotatable bonds is 6. The van der Waals surface area contributed by atoms with Gasteiger partial charge in [0.2, 0.25) is 0 Å². The van der Waals surface area contributed by atoms with Gasteiger partial charge in [-0.3, -0.25) is 4.90 Å². The smallest absolute Gasteiger partial charge is 0.0589 e. The van der Waals surface area contributed by atoms with Gasteiger partial charge < -0.3 is 10.5 Å². The van der Waals surface area contributed by atoms with Crippen LogP contribution in [-0.2, 0) is 4.74 Å². The van der Waals surface area contributed by atoms with Crippen LogP contribution in [0.15, 0.2) is 22.7 Å². The number of benzene rings is 1. The van der Waals surface area contributed by atoms with E-state index in [1.807, 2.05) is 25.2 Å². The van der Waals surface area contributed by atoms with Crippen molar-refractivity contribution in [3.05, 3.63) is 33.3 Å². The molecule has 3 nitrogen and oxygen atoms in total. The second-order valence-electron chi connectivity index (χ2n) is 3.89. The van der Waals surface area contributed by atoms with Gasteiger partial charge in [-0.05, 0) is 24.7 Å². The minimum atomic E-state index is 0.116. The summed E-state index contributed by atoms with van der Waals surface area (Å²) in [5.41, 5.74) is 6.88. The average molecular weight is 322 g/mol. The highest BCUT2D eigenvalue weighted by Crippen LogP contribution is 2.28. The third-order valence-electron chi connectivity index (χ3n) is 2.72. The Morgan fingerprint density at radius 2 is 2.24 bits per heavy atom. The van der Waals surface area contributed by atoms with Crippen LogP contribution in [0.2, 0.25) is 5.02 Å². The Morgan fingerprint density at radius 1 is 1.53 bits per heavy atom. The van der Waals surface area contributed by atoms with Gasteiger partial charge in [-0.15, -0.1) is 0 Å². The van der Waals surface area contributed by atoms with Crippen LogP contribution < -0.4 is 5.73 Å². The third kappa shape index (κ3) is 4.23. The molecule has 96 valence electrons. The van der Waals surface area contributed by atoms with E-state index >= 15 is 0 Å². The molecule has 5 heteroatoms. The molecule has 1 aromatic rings. The summed E-state index contributed by atoms with van der Waals surface area (Å²) >= 11 is 9.63. The van der Waals surface area contributed by atoms with E-state index in [9.17, 15) is 0 Å². The molecule has 0 aliphatic heterocycles. The zero-order valence-corrected chi connectivity index (χ0v) is 12.5. The maximum atomic E-state index is 6.24. The molecule has 1 rings (SSSR count). The Hall–Kier alpha value is -0.130. The largest absolute Gasteiger partial charge is 0.383 e. The van der Waals surface area contributed by atoms with Gasteiger partial charge >= 0.3 is 0 Å². The van der Waals surface area contributed by atoms with Crippen molar-refractivity contribution in [3.8, 4) is 0 Å². The molecule has 1 atom stereocenters. The minimum Gasteiger partial charge on any atom is -0.383 e. The summed E-state index contributed by atoms with van der Waals surface area (Å²) in [6.07, 6.45) is 0. The molecular weight excluding hydrogens is 304 g/mol. The molecule has 0 saturated heterocycles. The van der Waals surface area contributed by atoms with Crippen LogP contribution in [-0.4, -0.2) is 38.8 Å². The predicted molar refractivity (Wildman–Crippen MR) is 75.5 cm³/mol. The van der Waals surface area contributed by atoms with Gasteiger partial charge in [0.25, 0.3) is 0 Å². The topological polar surface area (TPSA) is 38.5 Å². The van der Waals surface area contributed by atoms with Crippen molar-refractivity contribution < 1.29 is 4.74 Å². The molecule has 0 spiro atoms. The van der Waals surface area contributed by atoms with Crippen molar-refractivity contribution >= 4 is 27.5 Å². The van der Waals surface area contributed by atoms with E-state index in [0.717, 1.165) is 21.6 Å². The van der Waals surface area contributed by atoms with E-state index in [4.69, 9.17) is 22.1 Å². The van der Waals surface area contributed by atoms with E-state index in [1.165, 1.54) is 0 Å². The zero-order valence-electron chi connectivity index (χ0n) is 10.1. The molecule has 0 aromatic heterocycles. The zero-order chi connectivity index (χ0) is 12.8. The monoisotopic (exact) mass is 320 g/mol. The first-order valence-electron chi connectivity index (χ1n) is 5.44. The first kappa shape index (κ1) is 14.9. The maximum absolute atomic E-state index is 6.24. The standard InChI is InChI=1S/C12H18BrClN2O/c1-16(5-6-17-2)12(8-15)10-4-3-9(13)7-11(10)14/h3-4,7,12H,5-6,8,15H2,1-2H3. The summed E-state index contributed by atoms with van der Waals surface area (Å²) in [7, 11) is 3.72.